The molecule has 1 aromatic heterocycles. The van der Waals surface area contributed by atoms with E-state index in [4.69, 9.17) is 9.52 Å². The van der Waals surface area contributed by atoms with Crippen LogP contribution in [0.4, 0.5) is 5.69 Å². The summed E-state index contributed by atoms with van der Waals surface area (Å²) in [5, 5.41) is 10.9. The second kappa shape index (κ2) is 11.9. The molecule has 2 heterocycles. The molecular weight excluding hydrogens is 394 g/mol. The maximum Gasteiger partial charge on any atom is 0.191 e. The van der Waals surface area contributed by atoms with Crippen LogP contribution in [0.15, 0.2) is 39.8 Å². The van der Waals surface area contributed by atoms with E-state index in [1.165, 1.54) is 22.8 Å². The van der Waals surface area contributed by atoms with E-state index in [2.05, 4.69) is 71.8 Å². The molecule has 0 unspecified atom stereocenters. The Morgan fingerprint density at radius 2 is 1.87 bits per heavy atom. The number of hydrogen-bond acceptors (Lipinski definition) is 5. The lowest BCUT2D eigenvalue weighted by atomic mass is 9.99. The predicted octanol–water partition coefficient (Wildman–Crippen LogP) is 4.39. The molecule has 0 bridgehead atoms. The van der Waals surface area contributed by atoms with E-state index < -0.39 is 0 Å². The molecule has 1 aliphatic rings. The fourth-order valence-corrected chi connectivity index (χ4v) is 4.53. The van der Waals surface area contributed by atoms with Crippen LogP contribution in [0, 0.1) is 0 Å². The van der Waals surface area contributed by atoms with E-state index in [-0.39, 0.29) is 0 Å². The number of aliphatic imine (C=N–C) groups is 1. The summed E-state index contributed by atoms with van der Waals surface area (Å²) >= 11 is 2.04. The van der Waals surface area contributed by atoms with Crippen LogP contribution in [0.1, 0.15) is 56.5 Å². The normalized spacial score (nSPS) is 14.9. The van der Waals surface area contributed by atoms with Gasteiger partial charge in [-0.1, -0.05) is 31.1 Å². The Hall–Kier alpha value is -2.15. The molecule has 3 rings (SSSR count). The zero-order chi connectivity index (χ0) is 21.2. The highest BCUT2D eigenvalue weighted by Gasteiger charge is 2.13. The molecule has 164 valence electrons. The standard InChI is InChI=1S/C23H35N5OS/c1-4-19(5-2)22-15-21(29-27-22)17-26-23(24-6-3)25-16-18-7-9-20(10-8-18)28-11-13-30-14-12-28/h7-10,15,19H,4-6,11-14,16-17H2,1-3H3,(H2,24,25,26). The summed E-state index contributed by atoms with van der Waals surface area (Å²) in [7, 11) is 0. The van der Waals surface area contributed by atoms with E-state index in [1.54, 1.807) is 0 Å². The minimum Gasteiger partial charge on any atom is -0.370 e. The summed E-state index contributed by atoms with van der Waals surface area (Å²) in [6.07, 6.45) is 2.16. The first-order valence-electron chi connectivity index (χ1n) is 11.1. The van der Waals surface area contributed by atoms with Gasteiger partial charge in [0.05, 0.1) is 18.8 Å². The van der Waals surface area contributed by atoms with Crippen LogP contribution in [0.2, 0.25) is 0 Å². The van der Waals surface area contributed by atoms with Gasteiger partial charge >= 0.3 is 0 Å². The smallest absolute Gasteiger partial charge is 0.191 e. The molecule has 2 N–H and O–H groups in total. The summed E-state index contributed by atoms with van der Waals surface area (Å²) in [4.78, 5) is 7.19. The number of anilines is 1. The molecule has 1 aromatic carbocycles. The van der Waals surface area contributed by atoms with Gasteiger partial charge in [-0.3, -0.25) is 0 Å². The predicted molar refractivity (Wildman–Crippen MR) is 127 cm³/mol. The van der Waals surface area contributed by atoms with E-state index in [9.17, 15) is 0 Å². The molecule has 1 saturated heterocycles. The number of aromatic nitrogens is 1. The van der Waals surface area contributed by atoms with Crippen molar-refractivity contribution in [2.24, 2.45) is 4.99 Å². The van der Waals surface area contributed by atoms with Crippen molar-refractivity contribution in [1.82, 2.24) is 15.8 Å². The van der Waals surface area contributed by atoms with Crippen molar-refractivity contribution in [3.05, 3.63) is 47.3 Å². The van der Waals surface area contributed by atoms with E-state index in [0.29, 0.717) is 19.0 Å². The van der Waals surface area contributed by atoms with Crippen LogP contribution in [0.3, 0.4) is 0 Å². The summed E-state index contributed by atoms with van der Waals surface area (Å²) in [6.45, 7) is 10.7. The molecule has 2 aromatic rings. The lowest BCUT2D eigenvalue weighted by molar-refractivity contribution is 0.368. The van der Waals surface area contributed by atoms with Gasteiger partial charge in [-0.15, -0.1) is 0 Å². The number of hydrogen-bond donors (Lipinski definition) is 2. The maximum atomic E-state index is 5.51. The summed E-state index contributed by atoms with van der Waals surface area (Å²) in [6, 6.07) is 10.9. The molecule has 0 aliphatic carbocycles. The first-order chi connectivity index (χ1) is 14.7. The molecule has 0 radical (unpaired) electrons. The molecular formula is C23H35N5OS. The largest absolute Gasteiger partial charge is 0.370 e. The molecule has 0 atom stereocenters. The fraction of sp³-hybridized carbons (Fsp3) is 0.565. The first kappa shape index (κ1) is 22.5. The van der Waals surface area contributed by atoms with Gasteiger partial charge in [-0.2, -0.15) is 11.8 Å². The van der Waals surface area contributed by atoms with Crippen LogP contribution in [0.5, 0.6) is 0 Å². The highest BCUT2D eigenvalue weighted by molar-refractivity contribution is 7.99. The van der Waals surface area contributed by atoms with Crippen LogP contribution in [-0.4, -0.2) is 42.3 Å². The Kier molecular flexibility index (Phi) is 8.93. The molecule has 7 heteroatoms. The Morgan fingerprint density at radius 1 is 1.13 bits per heavy atom. The van der Waals surface area contributed by atoms with Gasteiger partial charge < -0.3 is 20.1 Å². The van der Waals surface area contributed by atoms with E-state index >= 15 is 0 Å². The minimum atomic E-state index is 0.469. The van der Waals surface area contributed by atoms with Crippen LogP contribution in [-0.2, 0) is 13.1 Å². The van der Waals surface area contributed by atoms with Crippen molar-refractivity contribution in [3.8, 4) is 0 Å². The van der Waals surface area contributed by atoms with Gasteiger partial charge in [0.25, 0.3) is 0 Å². The highest BCUT2D eigenvalue weighted by atomic mass is 32.2. The SMILES string of the molecule is CCNC(=NCc1ccc(N2CCSCC2)cc1)NCc1cc(C(CC)CC)no1. The molecule has 0 saturated carbocycles. The van der Waals surface area contributed by atoms with Crippen molar-refractivity contribution in [2.45, 2.75) is 52.6 Å². The van der Waals surface area contributed by atoms with E-state index in [0.717, 1.165) is 49.9 Å². The molecule has 6 nitrogen and oxygen atoms in total. The molecule has 30 heavy (non-hydrogen) atoms. The summed E-state index contributed by atoms with van der Waals surface area (Å²) in [5.74, 6) is 4.53. The lowest BCUT2D eigenvalue weighted by Crippen LogP contribution is -2.36. The van der Waals surface area contributed by atoms with Crippen molar-refractivity contribution >= 4 is 23.4 Å². The second-order valence-electron chi connectivity index (χ2n) is 7.55. The molecule has 0 spiro atoms. The Labute approximate surface area is 184 Å². The van der Waals surface area contributed by atoms with E-state index in [1.807, 2.05) is 11.8 Å². The van der Waals surface area contributed by atoms with Gasteiger partial charge in [-0.25, -0.2) is 4.99 Å². The number of benzene rings is 1. The van der Waals surface area contributed by atoms with Gasteiger partial charge in [0, 0.05) is 48.8 Å². The third kappa shape index (κ3) is 6.42. The maximum absolute atomic E-state index is 5.51. The third-order valence-corrected chi connectivity index (χ3v) is 6.43. The van der Waals surface area contributed by atoms with Crippen molar-refractivity contribution < 1.29 is 4.52 Å². The topological polar surface area (TPSA) is 65.7 Å². The minimum absolute atomic E-state index is 0.469. The van der Waals surface area contributed by atoms with Crippen molar-refractivity contribution in [2.75, 3.05) is 36.0 Å². The molecule has 1 fully saturated rings. The number of rotatable bonds is 9. The van der Waals surface area contributed by atoms with Gasteiger partial charge in [0.15, 0.2) is 11.7 Å². The first-order valence-corrected chi connectivity index (χ1v) is 12.3. The lowest BCUT2D eigenvalue weighted by Gasteiger charge is -2.28. The zero-order valence-corrected chi connectivity index (χ0v) is 19.3. The highest BCUT2D eigenvalue weighted by Crippen LogP contribution is 2.22. The second-order valence-corrected chi connectivity index (χ2v) is 8.77. The van der Waals surface area contributed by atoms with Crippen molar-refractivity contribution in [1.29, 1.82) is 0 Å². The average molecular weight is 430 g/mol. The summed E-state index contributed by atoms with van der Waals surface area (Å²) < 4.78 is 5.51. The average Bonchev–Trinajstić information content (AvgIpc) is 3.26. The number of guanidine groups is 1. The Balaban J connectivity index is 1.55. The fourth-order valence-electron chi connectivity index (χ4n) is 3.63. The zero-order valence-electron chi connectivity index (χ0n) is 18.5. The van der Waals surface area contributed by atoms with Gasteiger partial charge in [0.2, 0.25) is 0 Å². The van der Waals surface area contributed by atoms with Crippen LogP contribution in [0.25, 0.3) is 0 Å². The summed E-state index contributed by atoms with van der Waals surface area (Å²) in [5.41, 5.74) is 3.57. The molecule has 1 aliphatic heterocycles. The van der Waals surface area contributed by atoms with Gasteiger partial charge in [-0.05, 0) is 37.5 Å². The van der Waals surface area contributed by atoms with Crippen molar-refractivity contribution in [3.63, 3.8) is 0 Å². The number of nitrogens with one attached hydrogen (secondary N) is 2. The van der Waals surface area contributed by atoms with Crippen LogP contribution < -0.4 is 15.5 Å². The molecule has 0 amide bonds. The third-order valence-electron chi connectivity index (χ3n) is 5.49. The van der Waals surface area contributed by atoms with Gasteiger partial charge in [0.1, 0.15) is 0 Å². The van der Waals surface area contributed by atoms with Crippen LogP contribution >= 0.6 is 11.8 Å². The Morgan fingerprint density at radius 3 is 2.53 bits per heavy atom. The monoisotopic (exact) mass is 429 g/mol. The number of thioether (sulfide) groups is 1. The quantitative estimate of drug-likeness (QED) is 0.455. The number of nitrogens with zero attached hydrogens (tertiary/aromatic N) is 3. The Bertz CT molecular complexity index is 779.